The molecule has 0 spiro atoms. The van der Waals surface area contributed by atoms with Crippen molar-refractivity contribution < 1.29 is 4.79 Å². The zero-order valence-electron chi connectivity index (χ0n) is 11.5. The third-order valence-electron chi connectivity index (χ3n) is 3.53. The number of hydrogen-bond donors (Lipinski definition) is 1. The molecular weight excluding hydrogens is 240 g/mol. The molecule has 1 aromatic heterocycles. The summed E-state index contributed by atoms with van der Waals surface area (Å²) in [6.07, 6.45) is 2.85. The fourth-order valence-corrected chi connectivity index (χ4v) is 2.44. The van der Waals surface area contributed by atoms with Crippen molar-refractivity contribution in [2.75, 3.05) is 26.2 Å². The van der Waals surface area contributed by atoms with Crippen molar-refractivity contribution in [1.29, 1.82) is 0 Å². The highest BCUT2D eigenvalue weighted by atomic mass is 16.2. The average Bonchev–Trinajstić information content (AvgIpc) is 2.65. The Hall–Kier alpha value is -1.46. The quantitative estimate of drug-likeness (QED) is 0.866. The minimum atomic E-state index is 0.177. The van der Waals surface area contributed by atoms with Gasteiger partial charge in [-0.3, -0.25) is 14.7 Å². The van der Waals surface area contributed by atoms with Gasteiger partial charge >= 0.3 is 0 Å². The van der Waals surface area contributed by atoms with Crippen LogP contribution in [0.15, 0.2) is 18.3 Å². The molecule has 1 aliphatic heterocycles. The lowest BCUT2D eigenvalue weighted by atomic mass is 10.2. The molecule has 0 atom stereocenters. The van der Waals surface area contributed by atoms with Gasteiger partial charge < -0.3 is 10.6 Å². The van der Waals surface area contributed by atoms with Gasteiger partial charge in [0.05, 0.1) is 5.69 Å². The lowest BCUT2D eigenvalue weighted by molar-refractivity contribution is -0.128. The minimum Gasteiger partial charge on any atom is -0.342 e. The summed E-state index contributed by atoms with van der Waals surface area (Å²) in [6, 6.07) is 4.10. The number of rotatable bonds is 3. The third-order valence-corrected chi connectivity index (χ3v) is 3.53. The molecule has 19 heavy (non-hydrogen) atoms. The van der Waals surface area contributed by atoms with E-state index in [1.807, 2.05) is 17.2 Å². The first-order chi connectivity index (χ1) is 9.19. The maximum absolute atomic E-state index is 11.4. The van der Waals surface area contributed by atoms with Gasteiger partial charge in [0.15, 0.2) is 0 Å². The van der Waals surface area contributed by atoms with E-state index in [0.29, 0.717) is 6.54 Å². The molecule has 1 amide bonds. The van der Waals surface area contributed by atoms with Gasteiger partial charge in [-0.15, -0.1) is 0 Å². The zero-order valence-corrected chi connectivity index (χ0v) is 11.5. The lowest BCUT2D eigenvalue weighted by Crippen LogP contribution is -2.33. The predicted molar refractivity (Wildman–Crippen MR) is 74.3 cm³/mol. The van der Waals surface area contributed by atoms with Gasteiger partial charge in [-0.2, -0.15) is 0 Å². The van der Waals surface area contributed by atoms with Crippen molar-refractivity contribution in [3.05, 3.63) is 29.6 Å². The van der Waals surface area contributed by atoms with Crippen LogP contribution in [0.2, 0.25) is 0 Å². The molecule has 0 aromatic carbocycles. The van der Waals surface area contributed by atoms with Crippen LogP contribution in [0.25, 0.3) is 0 Å². The molecule has 0 unspecified atom stereocenters. The van der Waals surface area contributed by atoms with E-state index in [4.69, 9.17) is 5.73 Å². The SMILES string of the molecule is CC(=O)N1CCCN(Cc2ccnc(CN)c2)CC1. The summed E-state index contributed by atoms with van der Waals surface area (Å²) in [5, 5.41) is 0. The van der Waals surface area contributed by atoms with Crippen molar-refractivity contribution in [2.45, 2.75) is 26.4 Å². The highest BCUT2D eigenvalue weighted by Crippen LogP contribution is 2.09. The Kier molecular flexibility index (Phi) is 4.87. The number of carbonyl (C=O) groups is 1. The summed E-state index contributed by atoms with van der Waals surface area (Å²) in [7, 11) is 0. The number of nitrogens with zero attached hydrogens (tertiary/aromatic N) is 3. The van der Waals surface area contributed by atoms with Crippen molar-refractivity contribution in [3.8, 4) is 0 Å². The Morgan fingerprint density at radius 3 is 2.95 bits per heavy atom. The Bertz CT molecular complexity index is 435. The van der Waals surface area contributed by atoms with Crippen LogP contribution in [-0.2, 0) is 17.9 Å². The monoisotopic (exact) mass is 262 g/mol. The summed E-state index contributed by atoms with van der Waals surface area (Å²) in [5.74, 6) is 0.177. The topological polar surface area (TPSA) is 62.5 Å². The molecule has 2 N–H and O–H groups in total. The van der Waals surface area contributed by atoms with Gasteiger partial charge in [0.1, 0.15) is 0 Å². The average molecular weight is 262 g/mol. The van der Waals surface area contributed by atoms with E-state index < -0.39 is 0 Å². The number of carbonyl (C=O) groups excluding carboxylic acids is 1. The maximum Gasteiger partial charge on any atom is 0.219 e. The van der Waals surface area contributed by atoms with Crippen LogP contribution in [-0.4, -0.2) is 46.9 Å². The van der Waals surface area contributed by atoms with Gasteiger partial charge in [-0.1, -0.05) is 0 Å². The summed E-state index contributed by atoms with van der Waals surface area (Å²) < 4.78 is 0. The molecule has 2 heterocycles. The Labute approximate surface area is 114 Å². The first kappa shape index (κ1) is 14.0. The van der Waals surface area contributed by atoms with Crippen molar-refractivity contribution >= 4 is 5.91 Å². The number of hydrogen-bond acceptors (Lipinski definition) is 4. The van der Waals surface area contributed by atoms with Crippen LogP contribution in [0.3, 0.4) is 0 Å². The van der Waals surface area contributed by atoms with E-state index in [0.717, 1.165) is 44.8 Å². The fraction of sp³-hybridized carbons (Fsp3) is 0.571. The lowest BCUT2D eigenvalue weighted by Gasteiger charge is -2.21. The number of pyridine rings is 1. The third kappa shape index (κ3) is 4.01. The Balaban J connectivity index is 1.93. The molecule has 1 fully saturated rings. The van der Waals surface area contributed by atoms with Crippen molar-refractivity contribution in [3.63, 3.8) is 0 Å². The molecule has 0 saturated carbocycles. The summed E-state index contributed by atoms with van der Waals surface area (Å²) in [5.41, 5.74) is 7.78. The second-order valence-electron chi connectivity index (χ2n) is 5.00. The van der Waals surface area contributed by atoms with Gasteiger partial charge in [-0.05, 0) is 24.1 Å². The number of amides is 1. The van der Waals surface area contributed by atoms with Gasteiger partial charge in [0.2, 0.25) is 5.91 Å². The zero-order chi connectivity index (χ0) is 13.7. The number of nitrogens with two attached hydrogens (primary N) is 1. The normalized spacial score (nSPS) is 17.3. The Morgan fingerprint density at radius 1 is 1.37 bits per heavy atom. The molecule has 1 aromatic rings. The van der Waals surface area contributed by atoms with Crippen LogP contribution >= 0.6 is 0 Å². The van der Waals surface area contributed by atoms with Crippen LogP contribution < -0.4 is 5.73 Å². The molecule has 1 aliphatic rings. The predicted octanol–water partition coefficient (Wildman–Crippen LogP) is 0.595. The van der Waals surface area contributed by atoms with Crippen LogP contribution in [0.5, 0.6) is 0 Å². The molecule has 5 nitrogen and oxygen atoms in total. The summed E-state index contributed by atoms with van der Waals surface area (Å²) in [6.45, 7) is 6.68. The molecule has 0 bridgehead atoms. The van der Waals surface area contributed by atoms with E-state index >= 15 is 0 Å². The van der Waals surface area contributed by atoms with Crippen LogP contribution in [0, 0.1) is 0 Å². The van der Waals surface area contributed by atoms with E-state index in [2.05, 4.69) is 16.0 Å². The molecular formula is C14H22N4O. The first-order valence-electron chi connectivity index (χ1n) is 6.81. The van der Waals surface area contributed by atoms with Crippen LogP contribution in [0.4, 0.5) is 0 Å². The summed E-state index contributed by atoms with van der Waals surface area (Å²) in [4.78, 5) is 19.9. The molecule has 0 radical (unpaired) electrons. The summed E-state index contributed by atoms with van der Waals surface area (Å²) >= 11 is 0. The fourth-order valence-electron chi connectivity index (χ4n) is 2.44. The number of aromatic nitrogens is 1. The highest BCUT2D eigenvalue weighted by molar-refractivity contribution is 5.73. The first-order valence-corrected chi connectivity index (χ1v) is 6.81. The maximum atomic E-state index is 11.4. The Morgan fingerprint density at radius 2 is 2.21 bits per heavy atom. The van der Waals surface area contributed by atoms with E-state index in [1.54, 1.807) is 6.92 Å². The van der Waals surface area contributed by atoms with Gasteiger partial charge in [0, 0.05) is 52.4 Å². The standard InChI is InChI=1S/C14H22N4O/c1-12(19)18-6-2-5-17(7-8-18)11-13-3-4-16-14(9-13)10-15/h3-4,9H,2,5-8,10-11,15H2,1H3. The van der Waals surface area contributed by atoms with E-state index in [1.165, 1.54) is 5.56 Å². The van der Waals surface area contributed by atoms with Gasteiger partial charge in [-0.25, -0.2) is 0 Å². The highest BCUT2D eigenvalue weighted by Gasteiger charge is 2.16. The van der Waals surface area contributed by atoms with Crippen molar-refractivity contribution in [1.82, 2.24) is 14.8 Å². The second kappa shape index (κ2) is 6.63. The van der Waals surface area contributed by atoms with Crippen LogP contribution in [0.1, 0.15) is 24.6 Å². The molecule has 5 heteroatoms. The molecule has 0 aliphatic carbocycles. The minimum absolute atomic E-state index is 0.177. The molecule has 1 saturated heterocycles. The largest absolute Gasteiger partial charge is 0.342 e. The molecule has 2 rings (SSSR count). The smallest absolute Gasteiger partial charge is 0.219 e. The van der Waals surface area contributed by atoms with E-state index in [-0.39, 0.29) is 5.91 Å². The van der Waals surface area contributed by atoms with Crippen molar-refractivity contribution in [2.24, 2.45) is 5.73 Å². The van der Waals surface area contributed by atoms with Gasteiger partial charge in [0.25, 0.3) is 0 Å². The molecule has 104 valence electrons. The van der Waals surface area contributed by atoms with E-state index in [9.17, 15) is 4.79 Å². The second-order valence-corrected chi connectivity index (χ2v) is 5.00.